The van der Waals surface area contributed by atoms with Crippen LogP contribution in [0.5, 0.6) is 0 Å². The summed E-state index contributed by atoms with van der Waals surface area (Å²) in [6.07, 6.45) is 39.3. The molecule has 0 saturated carbocycles. The first kappa shape index (κ1) is 36.4. The molecule has 0 N–H and O–H groups in total. The molecule has 0 aromatic heterocycles. The van der Waals surface area contributed by atoms with Crippen molar-refractivity contribution >= 4 is 12.4 Å². The molecule has 0 aliphatic carbocycles. The van der Waals surface area contributed by atoms with Crippen LogP contribution < -0.4 is 0 Å². The fourth-order valence-electron chi connectivity index (χ4n) is 5.28. The zero-order chi connectivity index (χ0) is 24.2. The Hall–Kier alpha value is 0.250. The van der Waals surface area contributed by atoms with Gasteiger partial charge in [0.2, 0.25) is 0 Å². The molecule has 0 fully saturated rings. The molecule has 34 heavy (non-hydrogen) atoms. The Kier molecular flexibility index (Phi) is 33.5. The average Bonchev–Trinajstić information content (AvgIpc) is 2.81. The van der Waals surface area contributed by atoms with Gasteiger partial charge in [-0.1, -0.05) is 174 Å². The molecule has 0 rings (SSSR count). The molecule has 1 unspecified atom stereocenters. The molecule has 0 aliphatic rings. The van der Waals surface area contributed by atoms with E-state index in [2.05, 4.69) is 32.8 Å². The van der Waals surface area contributed by atoms with Gasteiger partial charge in [-0.25, -0.2) is 0 Å². The summed E-state index contributed by atoms with van der Waals surface area (Å²) in [6, 6.07) is 0.820. The summed E-state index contributed by atoms with van der Waals surface area (Å²) in [7, 11) is 4.60. The van der Waals surface area contributed by atoms with Gasteiger partial charge in [0.05, 0.1) is 0 Å². The zero-order valence-electron chi connectivity index (χ0n) is 24.5. The molecule has 1 nitrogen and oxygen atoms in total. The second kappa shape index (κ2) is 31.3. The monoisotopic (exact) mass is 502 g/mol. The number of hydrogen-bond acceptors (Lipinski definition) is 1. The van der Waals surface area contributed by atoms with E-state index < -0.39 is 0 Å². The molecule has 1 atom stereocenters. The lowest BCUT2D eigenvalue weighted by atomic mass is 9.99. The number of nitrogens with zero attached hydrogens (tertiary/aromatic N) is 1. The van der Waals surface area contributed by atoms with Crippen LogP contribution >= 0.6 is 12.4 Å². The molecule has 0 aromatic rings. The van der Waals surface area contributed by atoms with Crippen molar-refractivity contribution in [3.05, 3.63) is 0 Å². The highest BCUT2D eigenvalue weighted by Gasteiger charge is 2.10. The maximum absolute atomic E-state index is 2.50. The predicted molar refractivity (Wildman–Crippen MR) is 161 cm³/mol. The van der Waals surface area contributed by atoms with E-state index in [4.69, 9.17) is 0 Å². The molecule has 0 spiro atoms. The Balaban J connectivity index is 0. The number of rotatable bonds is 28. The zero-order valence-corrected chi connectivity index (χ0v) is 25.3. The first-order valence-corrected chi connectivity index (χ1v) is 15.9. The Morgan fingerprint density at radius 2 is 0.559 bits per heavy atom. The van der Waals surface area contributed by atoms with Crippen molar-refractivity contribution in [2.24, 2.45) is 0 Å². The van der Waals surface area contributed by atoms with Crippen LogP contribution in [-0.2, 0) is 0 Å². The summed E-state index contributed by atoms with van der Waals surface area (Å²) >= 11 is 0. The molecule has 0 aromatic carbocycles. The topological polar surface area (TPSA) is 3.24 Å². The number of unbranched alkanes of at least 4 members (excludes halogenated alkanes) is 23. The normalized spacial score (nSPS) is 12.3. The van der Waals surface area contributed by atoms with Gasteiger partial charge in [0.15, 0.2) is 0 Å². The van der Waals surface area contributed by atoms with Gasteiger partial charge in [-0.15, -0.1) is 12.4 Å². The summed E-state index contributed by atoms with van der Waals surface area (Å²) in [4.78, 5) is 2.50. The maximum Gasteiger partial charge on any atom is 0.00891 e. The standard InChI is InChI=1S/C32H67N.ClH/c1-5-7-9-11-13-15-17-18-19-20-21-23-25-27-29-31-32(33(3)4)30-28-26-24-22-16-14-12-10-8-6-2;/h32H,5-31H2,1-4H3;1H. The Bertz CT molecular complexity index is 344. The van der Waals surface area contributed by atoms with Gasteiger partial charge in [0.25, 0.3) is 0 Å². The van der Waals surface area contributed by atoms with Gasteiger partial charge in [-0.05, 0) is 26.9 Å². The van der Waals surface area contributed by atoms with Crippen molar-refractivity contribution in [3.63, 3.8) is 0 Å². The van der Waals surface area contributed by atoms with Gasteiger partial charge in [-0.2, -0.15) is 0 Å². The average molecular weight is 502 g/mol. The molecule has 0 heterocycles. The molecule has 0 bridgehead atoms. The lowest BCUT2D eigenvalue weighted by Gasteiger charge is -2.24. The summed E-state index contributed by atoms with van der Waals surface area (Å²) in [6.45, 7) is 4.61. The van der Waals surface area contributed by atoms with E-state index in [0.29, 0.717) is 0 Å². The molecular formula is C32H68ClN. The van der Waals surface area contributed by atoms with Gasteiger partial charge >= 0.3 is 0 Å². The largest absolute Gasteiger partial charge is 0.306 e. The SMILES string of the molecule is CCCCCCCCCCCCCCCCCC(CCCCCCCCCCCC)N(C)C.Cl. The van der Waals surface area contributed by atoms with E-state index in [1.54, 1.807) is 0 Å². The van der Waals surface area contributed by atoms with Crippen LogP contribution in [0.15, 0.2) is 0 Å². The Morgan fingerprint density at radius 3 is 0.765 bits per heavy atom. The molecule has 0 saturated heterocycles. The molecular weight excluding hydrogens is 434 g/mol. The van der Waals surface area contributed by atoms with Crippen LogP contribution in [0.25, 0.3) is 0 Å². The van der Waals surface area contributed by atoms with Crippen molar-refractivity contribution < 1.29 is 0 Å². The molecule has 2 heteroatoms. The highest BCUT2D eigenvalue weighted by Crippen LogP contribution is 2.18. The van der Waals surface area contributed by atoms with Crippen LogP contribution in [0.1, 0.15) is 187 Å². The van der Waals surface area contributed by atoms with E-state index in [1.165, 1.54) is 173 Å². The van der Waals surface area contributed by atoms with Crippen LogP contribution in [0, 0.1) is 0 Å². The Labute approximate surface area is 224 Å². The minimum absolute atomic E-state index is 0. The summed E-state index contributed by atoms with van der Waals surface area (Å²) in [5, 5.41) is 0. The van der Waals surface area contributed by atoms with Crippen LogP contribution in [0.4, 0.5) is 0 Å². The van der Waals surface area contributed by atoms with Crippen molar-refractivity contribution in [2.45, 2.75) is 193 Å². The third-order valence-electron chi connectivity index (χ3n) is 7.76. The molecule has 0 radical (unpaired) electrons. The summed E-state index contributed by atoms with van der Waals surface area (Å²) < 4.78 is 0. The third kappa shape index (κ3) is 28.5. The maximum atomic E-state index is 2.50. The predicted octanol–water partition coefficient (Wildman–Crippen LogP) is 11.9. The second-order valence-electron chi connectivity index (χ2n) is 11.3. The highest BCUT2D eigenvalue weighted by molar-refractivity contribution is 5.85. The van der Waals surface area contributed by atoms with E-state index in [-0.39, 0.29) is 12.4 Å². The summed E-state index contributed by atoms with van der Waals surface area (Å²) in [5.41, 5.74) is 0. The highest BCUT2D eigenvalue weighted by atomic mass is 35.5. The van der Waals surface area contributed by atoms with E-state index >= 15 is 0 Å². The smallest absolute Gasteiger partial charge is 0.00891 e. The van der Waals surface area contributed by atoms with E-state index in [1.807, 2.05) is 0 Å². The van der Waals surface area contributed by atoms with Crippen molar-refractivity contribution in [3.8, 4) is 0 Å². The summed E-state index contributed by atoms with van der Waals surface area (Å²) in [5.74, 6) is 0. The molecule has 0 aliphatic heterocycles. The van der Waals surface area contributed by atoms with Crippen molar-refractivity contribution in [2.75, 3.05) is 14.1 Å². The first-order valence-electron chi connectivity index (χ1n) is 15.9. The molecule has 208 valence electrons. The van der Waals surface area contributed by atoms with Gasteiger partial charge < -0.3 is 4.90 Å². The minimum Gasteiger partial charge on any atom is -0.306 e. The third-order valence-corrected chi connectivity index (χ3v) is 7.76. The lowest BCUT2D eigenvalue weighted by Crippen LogP contribution is -2.27. The number of hydrogen-bond donors (Lipinski definition) is 0. The van der Waals surface area contributed by atoms with Crippen molar-refractivity contribution in [1.29, 1.82) is 0 Å². The van der Waals surface area contributed by atoms with Crippen LogP contribution in [0.3, 0.4) is 0 Å². The lowest BCUT2D eigenvalue weighted by molar-refractivity contribution is 0.251. The van der Waals surface area contributed by atoms with Gasteiger partial charge in [0.1, 0.15) is 0 Å². The quantitative estimate of drug-likeness (QED) is 0.0962. The van der Waals surface area contributed by atoms with Gasteiger partial charge in [-0.3, -0.25) is 0 Å². The Morgan fingerprint density at radius 1 is 0.353 bits per heavy atom. The van der Waals surface area contributed by atoms with Crippen LogP contribution in [0.2, 0.25) is 0 Å². The van der Waals surface area contributed by atoms with E-state index in [9.17, 15) is 0 Å². The van der Waals surface area contributed by atoms with Crippen LogP contribution in [-0.4, -0.2) is 25.0 Å². The van der Waals surface area contributed by atoms with Crippen molar-refractivity contribution in [1.82, 2.24) is 4.90 Å². The first-order chi connectivity index (χ1) is 16.2. The fraction of sp³-hybridized carbons (Fsp3) is 1.00. The molecule has 0 amide bonds. The fourth-order valence-corrected chi connectivity index (χ4v) is 5.28. The van der Waals surface area contributed by atoms with E-state index in [0.717, 1.165) is 6.04 Å². The second-order valence-corrected chi connectivity index (χ2v) is 11.3. The minimum atomic E-state index is 0. The number of halogens is 1. The van der Waals surface area contributed by atoms with Gasteiger partial charge in [0, 0.05) is 6.04 Å².